The van der Waals surface area contributed by atoms with Gasteiger partial charge in [-0.25, -0.2) is 0 Å². The Hall–Kier alpha value is -1.87. The molecular formula is C14H15N2O+. The van der Waals surface area contributed by atoms with Crippen molar-refractivity contribution in [3.8, 4) is 0 Å². The van der Waals surface area contributed by atoms with Crippen molar-refractivity contribution in [3.63, 3.8) is 0 Å². The Labute approximate surface area is 100 Å². The lowest BCUT2D eigenvalue weighted by atomic mass is 10.1. The molecule has 0 fully saturated rings. The third kappa shape index (κ3) is 2.01. The van der Waals surface area contributed by atoms with Crippen molar-refractivity contribution >= 4 is 5.91 Å². The average molecular weight is 227 g/mol. The Bertz CT molecular complexity index is 502. The van der Waals surface area contributed by atoms with Crippen LogP contribution in [-0.2, 0) is 11.3 Å². The van der Waals surface area contributed by atoms with Crippen molar-refractivity contribution < 1.29 is 9.69 Å². The highest BCUT2D eigenvalue weighted by molar-refractivity contribution is 5.79. The molecular weight excluding hydrogens is 212 g/mol. The van der Waals surface area contributed by atoms with Crippen LogP contribution < -0.4 is 10.2 Å². The van der Waals surface area contributed by atoms with E-state index in [0.29, 0.717) is 6.42 Å². The van der Waals surface area contributed by atoms with Crippen LogP contribution in [0.1, 0.15) is 18.4 Å². The van der Waals surface area contributed by atoms with Gasteiger partial charge in [0.2, 0.25) is 11.7 Å². The van der Waals surface area contributed by atoms with E-state index in [1.54, 1.807) is 0 Å². The molecule has 86 valence electrons. The summed E-state index contributed by atoms with van der Waals surface area (Å²) in [7, 11) is 0. The van der Waals surface area contributed by atoms with Crippen LogP contribution in [-0.4, -0.2) is 5.91 Å². The van der Waals surface area contributed by atoms with Gasteiger partial charge in [0.25, 0.3) is 0 Å². The summed E-state index contributed by atoms with van der Waals surface area (Å²) >= 11 is 0. The molecule has 0 saturated carbocycles. The molecule has 0 saturated heterocycles. The van der Waals surface area contributed by atoms with Gasteiger partial charge in [-0.1, -0.05) is 30.3 Å². The number of carbonyl (C=O) groups excluding carboxylic acids is 1. The van der Waals surface area contributed by atoms with Crippen LogP contribution >= 0.6 is 0 Å². The smallest absolute Gasteiger partial charge is 0.228 e. The molecule has 2 aliphatic heterocycles. The predicted octanol–water partition coefficient (Wildman–Crippen LogP) is 0.720. The minimum absolute atomic E-state index is 0.137. The number of benzene rings is 1. The molecule has 0 aromatic heterocycles. The molecule has 2 N–H and O–H groups in total. The van der Waals surface area contributed by atoms with Gasteiger partial charge in [-0.15, -0.1) is 0 Å². The molecule has 2 aliphatic rings. The van der Waals surface area contributed by atoms with Crippen LogP contribution in [0.2, 0.25) is 0 Å². The summed E-state index contributed by atoms with van der Waals surface area (Å²) in [4.78, 5) is 12.6. The zero-order chi connectivity index (χ0) is 11.7. The van der Waals surface area contributed by atoms with Crippen LogP contribution in [0.3, 0.4) is 0 Å². The average Bonchev–Trinajstić information content (AvgIpc) is 2.73. The van der Waals surface area contributed by atoms with E-state index in [2.05, 4.69) is 29.7 Å². The first kappa shape index (κ1) is 10.3. The lowest BCUT2D eigenvalue weighted by Crippen LogP contribution is -3.05. The van der Waals surface area contributed by atoms with Crippen LogP contribution in [0.15, 0.2) is 54.0 Å². The maximum absolute atomic E-state index is 11.4. The van der Waals surface area contributed by atoms with E-state index in [1.165, 1.54) is 16.0 Å². The molecule has 0 bridgehead atoms. The third-order valence-electron chi connectivity index (χ3n) is 3.25. The fraction of sp³-hybridized carbons (Fsp3) is 0.214. The zero-order valence-corrected chi connectivity index (χ0v) is 9.57. The molecule has 1 atom stereocenters. The fourth-order valence-corrected chi connectivity index (χ4v) is 2.36. The zero-order valence-electron chi connectivity index (χ0n) is 9.57. The molecule has 3 heteroatoms. The second-order valence-electron chi connectivity index (χ2n) is 4.47. The third-order valence-corrected chi connectivity index (χ3v) is 3.25. The highest BCUT2D eigenvalue weighted by atomic mass is 16.1. The van der Waals surface area contributed by atoms with Gasteiger partial charge in [0.1, 0.15) is 12.7 Å². The molecule has 1 aromatic carbocycles. The van der Waals surface area contributed by atoms with E-state index in [0.717, 1.165) is 18.8 Å². The number of amides is 1. The number of quaternary nitrogens is 1. The summed E-state index contributed by atoms with van der Waals surface area (Å²) in [5.74, 6) is 1.18. The Morgan fingerprint density at radius 2 is 2.00 bits per heavy atom. The van der Waals surface area contributed by atoms with Gasteiger partial charge < -0.3 is 0 Å². The Morgan fingerprint density at radius 1 is 1.18 bits per heavy atom. The van der Waals surface area contributed by atoms with Crippen molar-refractivity contribution in [2.45, 2.75) is 19.4 Å². The monoisotopic (exact) mass is 227 g/mol. The molecule has 17 heavy (non-hydrogen) atoms. The normalized spacial score (nSPS) is 22.6. The van der Waals surface area contributed by atoms with Crippen LogP contribution in [0, 0.1) is 0 Å². The topological polar surface area (TPSA) is 33.5 Å². The van der Waals surface area contributed by atoms with Gasteiger partial charge >= 0.3 is 0 Å². The number of allylic oxidation sites excluding steroid dienone is 2. The molecule has 1 unspecified atom stereocenters. The van der Waals surface area contributed by atoms with Gasteiger partial charge in [-0.05, 0) is 6.42 Å². The number of rotatable bonds is 2. The van der Waals surface area contributed by atoms with Gasteiger partial charge in [-0.2, -0.15) is 0 Å². The van der Waals surface area contributed by atoms with Gasteiger partial charge in [-0.3, -0.25) is 15.0 Å². The summed E-state index contributed by atoms with van der Waals surface area (Å²) in [5, 5.41) is 2.99. The number of hydrogen-bond donors (Lipinski definition) is 2. The molecule has 1 aromatic rings. The maximum atomic E-state index is 11.4. The van der Waals surface area contributed by atoms with Crippen LogP contribution in [0.5, 0.6) is 0 Å². The van der Waals surface area contributed by atoms with Crippen molar-refractivity contribution in [1.82, 2.24) is 5.32 Å². The molecule has 3 nitrogen and oxygen atoms in total. The van der Waals surface area contributed by atoms with Crippen LogP contribution in [0.4, 0.5) is 0 Å². The highest BCUT2D eigenvalue weighted by Gasteiger charge is 2.28. The quantitative estimate of drug-likeness (QED) is 0.767. The van der Waals surface area contributed by atoms with Gasteiger partial charge in [0.05, 0.1) is 0 Å². The SMILES string of the molecule is O=C1CCC2=C(N1)[NH+](Cc1ccccc1)C=C2. The summed E-state index contributed by atoms with van der Waals surface area (Å²) in [6.45, 7) is 0.885. The van der Waals surface area contributed by atoms with E-state index in [1.807, 2.05) is 18.2 Å². The Morgan fingerprint density at radius 3 is 2.82 bits per heavy atom. The Kier molecular flexibility index (Phi) is 2.53. The van der Waals surface area contributed by atoms with E-state index < -0.39 is 0 Å². The fourth-order valence-electron chi connectivity index (χ4n) is 2.36. The predicted molar refractivity (Wildman–Crippen MR) is 64.7 cm³/mol. The number of hydrogen-bond acceptors (Lipinski definition) is 1. The highest BCUT2D eigenvalue weighted by Crippen LogP contribution is 2.16. The van der Waals surface area contributed by atoms with Gasteiger partial charge in [0.15, 0.2) is 0 Å². The molecule has 1 amide bonds. The first-order chi connectivity index (χ1) is 8.33. The first-order valence-corrected chi connectivity index (χ1v) is 5.94. The summed E-state index contributed by atoms with van der Waals surface area (Å²) < 4.78 is 0. The van der Waals surface area contributed by atoms with E-state index in [4.69, 9.17) is 0 Å². The lowest BCUT2D eigenvalue weighted by Gasteiger charge is -2.19. The summed E-state index contributed by atoms with van der Waals surface area (Å²) in [5.41, 5.74) is 2.55. The first-order valence-electron chi connectivity index (χ1n) is 5.94. The minimum atomic E-state index is 0.137. The van der Waals surface area contributed by atoms with Crippen LogP contribution in [0.25, 0.3) is 0 Å². The van der Waals surface area contributed by atoms with Gasteiger partial charge in [0, 0.05) is 23.6 Å². The molecule has 2 heterocycles. The Balaban J connectivity index is 1.80. The molecule has 0 spiro atoms. The summed E-state index contributed by atoms with van der Waals surface area (Å²) in [6, 6.07) is 10.3. The second kappa shape index (κ2) is 4.18. The van der Waals surface area contributed by atoms with Crippen molar-refractivity contribution in [2.75, 3.05) is 0 Å². The largest absolute Gasteiger partial charge is 0.281 e. The number of carbonyl (C=O) groups is 1. The summed E-state index contributed by atoms with van der Waals surface area (Å²) in [6.07, 6.45) is 5.74. The second-order valence-corrected chi connectivity index (χ2v) is 4.47. The van der Waals surface area contributed by atoms with Crippen molar-refractivity contribution in [2.24, 2.45) is 0 Å². The molecule has 0 aliphatic carbocycles. The van der Waals surface area contributed by atoms with Crippen molar-refractivity contribution in [3.05, 3.63) is 59.6 Å². The van der Waals surface area contributed by atoms with Crippen molar-refractivity contribution in [1.29, 1.82) is 0 Å². The van der Waals surface area contributed by atoms with E-state index >= 15 is 0 Å². The molecule has 3 rings (SSSR count). The lowest BCUT2D eigenvalue weighted by molar-refractivity contribution is -0.820. The number of nitrogens with one attached hydrogen (secondary N) is 2. The standard InChI is InChI=1S/C14H14N2O/c17-13-7-6-12-8-9-16(14(12)15-13)10-11-4-2-1-3-5-11/h1-5,8-9H,6-7,10H2,(H,15,17)/p+1. The van der Waals surface area contributed by atoms with E-state index in [-0.39, 0.29) is 5.91 Å². The van der Waals surface area contributed by atoms with E-state index in [9.17, 15) is 4.79 Å². The maximum Gasteiger partial charge on any atom is 0.228 e. The minimum Gasteiger partial charge on any atom is -0.281 e. The molecule has 0 radical (unpaired) electrons.